The van der Waals surface area contributed by atoms with Gasteiger partial charge in [0.25, 0.3) is 0 Å². The van der Waals surface area contributed by atoms with Crippen LogP contribution in [0.2, 0.25) is 0 Å². The molecule has 1 fully saturated rings. The molecule has 0 radical (unpaired) electrons. The van der Waals surface area contributed by atoms with Gasteiger partial charge in [0.2, 0.25) is 0 Å². The van der Waals surface area contributed by atoms with Crippen molar-refractivity contribution >= 4 is 5.78 Å². The molecule has 1 unspecified atom stereocenters. The molecular formula is C13H15FO2. The molecule has 2 rings (SSSR count). The first-order chi connectivity index (χ1) is 7.63. The van der Waals surface area contributed by atoms with Gasteiger partial charge in [-0.05, 0) is 37.8 Å². The number of carbonyl (C=O) groups is 1. The van der Waals surface area contributed by atoms with E-state index in [-0.39, 0.29) is 17.3 Å². The highest BCUT2D eigenvalue weighted by Gasteiger charge is 2.37. The Morgan fingerprint density at radius 1 is 1.50 bits per heavy atom. The Morgan fingerprint density at radius 3 is 2.75 bits per heavy atom. The highest BCUT2D eigenvalue weighted by Crippen LogP contribution is 2.35. The van der Waals surface area contributed by atoms with Crippen LogP contribution in [0.4, 0.5) is 4.39 Å². The Kier molecular flexibility index (Phi) is 3.06. The molecule has 3 heteroatoms. The van der Waals surface area contributed by atoms with E-state index in [0.717, 1.165) is 18.4 Å². The van der Waals surface area contributed by atoms with Crippen LogP contribution in [-0.2, 0) is 4.74 Å². The summed E-state index contributed by atoms with van der Waals surface area (Å²) in [5.41, 5.74) is 1.04. The number of benzene rings is 1. The predicted octanol–water partition coefficient (Wildman–Crippen LogP) is 2.74. The Morgan fingerprint density at radius 2 is 2.19 bits per heavy atom. The van der Waals surface area contributed by atoms with Crippen molar-refractivity contribution in [3.8, 4) is 0 Å². The van der Waals surface area contributed by atoms with E-state index in [1.165, 1.54) is 13.2 Å². The Balaban J connectivity index is 2.28. The first-order valence-corrected chi connectivity index (χ1v) is 5.46. The van der Waals surface area contributed by atoms with Crippen LogP contribution >= 0.6 is 0 Å². The lowest BCUT2D eigenvalue weighted by atomic mass is 10.0. The number of halogens is 1. The first kappa shape index (κ1) is 11.3. The number of Topliss-reactive ketones (excluding diaryl/α,β-unsaturated/α-hetero) is 1. The zero-order valence-corrected chi connectivity index (χ0v) is 9.50. The predicted molar refractivity (Wildman–Crippen MR) is 59.0 cm³/mol. The van der Waals surface area contributed by atoms with Gasteiger partial charge in [-0.25, -0.2) is 4.39 Å². The van der Waals surface area contributed by atoms with E-state index >= 15 is 0 Å². The van der Waals surface area contributed by atoms with Crippen molar-refractivity contribution in [1.82, 2.24) is 0 Å². The van der Waals surface area contributed by atoms with Crippen molar-refractivity contribution in [1.29, 1.82) is 0 Å². The maximum atomic E-state index is 13.5. The second-order valence-corrected chi connectivity index (χ2v) is 4.34. The molecule has 1 aliphatic rings. The van der Waals surface area contributed by atoms with Crippen LogP contribution in [0.15, 0.2) is 18.2 Å². The van der Waals surface area contributed by atoms with E-state index in [2.05, 4.69) is 0 Å². The molecule has 1 atom stereocenters. The third-order valence-electron chi connectivity index (χ3n) is 2.95. The molecule has 0 heterocycles. The first-order valence-electron chi connectivity index (χ1n) is 5.46. The maximum absolute atomic E-state index is 13.5. The summed E-state index contributed by atoms with van der Waals surface area (Å²) in [5.74, 6) is -0.415. The summed E-state index contributed by atoms with van der Waals surface area (Å²) in [4.78, 5) is 12.1. The minimum atomic E-state index is -0.476. The summed E-state index contributed by atoms with van der Waals surface area (Å²) >= 11 is 0. The lowest BCUT2D eigenvalue weighted by molar-refractivity contribution is 0.0535. The molecule has 0 spiro atoms. The molecule has 0 bridgehead atoms. The Labute approximate surface area is 94.4 Å². The smallest absolute Gasteiger partial charge is 0.194 e. The van der Waals surface area contributed by atoms with Crippen LogP contribution in [0.25, 0.3) is 0 Å². The highest BCUT2D eigenvalue weighted by molar-refractivity contribution is 6.00. The molecule has 1 aromatic rings. The number of carbonyl (C=O) groups excluding carboxylic acids is 1. The van der Waals surface area contributed by atoms with Gasteiger partial charge in [0.05, 0.1) is 5.56 Å². The number of hydrogen-bond acceptors (Lipinski definition) is 2. The fourth-order valence-corrected chi connectivity index (χ4v) is 1.89. The van der Waals surface area contributed by atoms with E-state index in [1.807, 2.05) is 6.92 Å². The van der Waals surface area contributed by atoms with Crippen LogP contribution in [0.3, 0.4) is 0 Å². The van der Waals surface area contributed by atoms with Gasteiger partial charge in [-0.2, -0.15) is 0 Å². The topological polar surface area (TPSA) is 26.3 Å². The molecule has 0 aromatic heterocycles. The molecule has 0 saturated heterocycles. The van der Waals surface area contributed by atoms with Crippen molar-refractivity contribution in [2.45, 2.75) is 25.9 Å². The van der Waals surface area contributed by atoms with E-state index in [1.54, 1.807) is 12.1 Å². The van der Waals surface area contributed by atoms with Crippen molar-refractivity contribution in [2.24, 2.45) is 5.92 Å². The zero-order chi connectivity index (χ0) is 11.7. The van der Waals surface area contributed by atoms with Crippen LogP contribution in [0, 0.1) is 18.7 Å². The molecule has 86 valence electrons. The van der Waals surface area contributed by atoms with Crippen LogP contribution in [-0.4, -0.2) is 19.0 Å². The van der Waals surface area contributed by atoms with Gasteiger partial charge in [-0.15, -0.1) is 0 Å². The number of ether oxygens (including phenoxy) is 1. The lowest BCUT2D eigenvalue weighted by Gasteiger charge is -2.13. The van der Waals surface area contributed by atoms with Gasteiger partial charge in [-0.1, -0.05) is 11.6 Å². The average molecular weight is 222 g/mol. The summed E-state index contributed by atoms with van der Waals surface area (Å²) in [6.45, 7) is 1.84. The number of aryl methyl sites for hydroxylation is 1. The second kappa shape index (κ2) is 4.34. The van der Waals surface area contributed by atoms with Crippen molar-refractivity contribution in [2.75, 3.05) is 7.11 Å². The minimum absolute atomic E-state index is 0.152. The molecule has 1 aromatic carbocycles. The van der Waals surface area contributed by atoms with Crippen LogP contribution < -0.4 is 0 Å². The largest absolute Gasteiger partial charge is 0.373 e. The van der Waals surface area contributed by atoms with Gasteiger partial charge in [0.1, 0.15) is 11.9 Å². The third-order valence-corrected chi connectivity index (χ3v) is 2.95. The maximum Gasteiger partial charge on any atom is 0.194 e. The minimum Gasteiger partial charge on any atom is -0.373 e. The number of methoxy groups -OCH3 is 1. The summed E-state index contributed by atoms with van der Waals surface area (Å²) < 4.78 is 18.7. The monoisotopic (exact) mass is 222 g/mol. The second-order valence-electron chi connectivity index (χ2n) is 4.34. The molecular weight excluding hydrogens is 207 g/mol. The van der Waals surface area contributed by atoms with Gasteiger partial charge < -0.3 is 4.74 Å². The summed E-state index contributed by atoms with van der Waals surface area (Å²) in [5, 5.41) is 0. The van der Waals surface area contributed by atoms with Gasteiger partial charge in [0, 0.05) is 7.11 Å². The number of rotatable bonds is 4. The molecule has 0 amide bonds. The van der Waals surface area contributed by atoms with E-state index in [0.29, 0.717) is 0 Å². The molecule has 2 nitrogen and oxygen atoms in total. The fraction of sp³-hybridized carbons (Fsp3) is 0.462. The van der Waals surface area contributed by atoms with E-state index in [4.69, 9.17) is 4.74 Å². The number of ketones is 1. The van der Waals surface area contributed by atoms with Crippen molar-refractivity contribution in [3.05, 3.63) is 35.1 Å². The van der Waals surface area contributed by atoms with Gasteiger partial charge in [0.15, 0.2) is 5.78 Å². The number of hydrogen-bond donors (Lipinski definition) is 0. The quantitative estimate of drug-likeness (QED) is 0.732. The normalized spacial score (nSPS) is 17.2. The van der Waals surface area contributed by atoms with Crippen molar-refractivity contribution < 1.29 is 13.9 Å². The van der Waals surface area contributed by atoms with Crippen molar-refractivity contribution in [3.63, 3.8) is 0 Å². The van der Waals surface area contributed by atoms with Gasteiger partial charge >= 0.3 is 0 Å². The average Bonchev–Trinajstić information content (AvgIpc) is 3.07. The Bertz CT molecular complexity index is 410. The van der Waals surface area contributed by atoms with E-state index < -0.39 is 11.9 Å². The molecule has 1 saturated carbocycles. The van der Waals surface area contributed by atoms with Gasteiger partial charge in [-0.3, -0.25) is 4.79 Å². The Hall–Kier alpha value is -1.22. The summed E-state index contributed by atoms with van der Waals surface area (Å²) in [6.07, 6.45) is 1.52. The molecule has 0 aliphatic heterocycles. The lowest BCUT2D eigenvalue weighted by Crippen LogP contribution is -2.26. The highest BCUT2D eigenvalue weighted by atomic mass is 19.1. The summed E-state index contributed by atoms with van der Waals surface area (Å²) in [7, 11) is 1.51. The molecule has 1 aliphatic carbocycles. The van der Waals surface area contributed by atoms with Crippen LogP contribution in [0.1, 0.15) is 28.8 Å². The standard InChI is InChI=1S/C13H15FO2/c1-8-3-6-11(14)10(7-8)12(15)13(16-2)9-4-5-9/h3,6-7,9,13H,4-5H2,1-2H3. The fourth-order valence-electron chi connectivity index (χ4n) is 1.89. The zero-order valence-electron chi connectivity index (χ0n) is 9.50. The SMILES string of the molecule is COC(C(=O)c1cc(C)ccc1F)C1CC1. The third kappa shape index (κ3) is 2.14. The van der Waals surface area contributed by atoms with Crippen LogP contribution in [0.5, 0.6) is 0 Å². The van der Waals surface area contributed by atoms with E-state index in [9.17, 15) is 9.18 Å². The molecule has 16 heavy (non-hydrogen) atoms. The summed E-state index contributed by atoms with van der Waals surface area (Å²) in [6, 6.07) is 4.58. The molecule has 0 N–H and O–H groups in total.